The number of anilines is 1. The molecule has 92 valence electrons. The molecule has 0 spiro atoms. The first-order chi connectivity index (χ1) is 8.20. The van der Waals surface area contributed by atoms with Gasteiger partial charge >= 0.3 is 5.97 Å². The highest BCUT2D eigenvalue weighted by Gasteiger charge is 2.21. The summed E-state index contributed by atoms with van der Waals surface area (Å²) in [6, 6.07) is 4.98. The average Bonchev–Trinajstić information content (AvgIpc) is 2.25. The molecule has 0 radical (unpaired) electrons. The van der Waals surface area contributed by atoms with E-state index in [0.717, 1.165) is 0 Å². The van der Waals surface area contributed by atoms with Crippen LogP contribution in [0.4, 0.5) is 5.69 Å². The summed E-state index contributed by atoms with van der Waals surface area (Å²) in [7, 11) is 0. The third-order valence-electron chi connectivity index (χ3n) is 2.43. The first kappa shape index (κ1) is 11.7. The molecule has 0 bridgehead atoms. The van der Waals surface area contributed by atoms with Crippen molar-refractivity contribution in [3.63, 3.8) is 0 Å². The van der Waals surface area contributed by atoms with Gasteiger partial charge in [-0.05, 0) is 25.1 Å². The predicted molar refractivity (Wildman–Crippen MR) is 62.0 cm³/mol. The molecule has 0 saturated carbocycles. The highest BCUT2D eigenvalue weighted by atomic mass is 16.6. The van der Waals surface area contributed by atoms with E-state index in [9.17, 15) is 4.79 Å². The fraction of sp³-hybridized carbons (Fsp3) is 0.417. The Morgan fingerprint density at radius 2 is 2.29 bits per heavy atom. The molecule has 0 amide bonds. The van der Waals surface area contributed by atoms with E-state index in [1.165, 1.54) is 0 Å². The summed E-state index contributed by atoms with van der Waals surface area (Å²) < 4.78 is 15.5. The minimum atomic E-state index is -0.430. The minimum Gasteiger partial charge on any atom is -0.486 e. The maximum atomic E-state index is 11.6. The molecule has 0 aromatic heterocycles. The Kier molecular flexibility index (Phi) is 3.49. The van der Waals surface area contributed by atoms with Crippen LogP contribution in [-0.4, -0.2) is 31.9 Å². The number of carbonyl (C=O) groups excluding carboxylic acids is 1. The van der Waals surface area contributed by atoms with Crippen LogP contribution in [0.25, 0.3) is 0 Å². The molecule has 2 N–H and O–H groups in total. The summed E-state index contributed by atoms with van der Waals surface area (Å²) in [4.78, 5) is 11.6. The summed E-state index contributed by atoms with van der Waals surface area (Å²) in [6.07, 6.45) is 0.0636. The monoisotopic (exact) mass is 237 g/mol. The van der Waals surface area contributed by atoms with Gasteiger partial charge in [0.15, 0.2) is 0 Å². The Morgan fingerprint density at radius 1 is 1.53 bits per heavy atom. The summed E-state index contributed by atoms with van der Waals surface area (Å²) in [5.41, 5.74) is 6.44. The quantitative estimate of drug-likeness (QED) is 0.629. The zero-order valence-electron chi connectivity index (χ0n) is 9.64. The van der Waals surface area contributed by atoms with Crippen molar-refractivity contribution in [3.8, 4) is 5.75 Å². The van der Waals surface area contributed by atoms with Gasteiger partial charge in [0.1, 0.15) is 11.9 Å². The fourth-order valence-corrected chi connectivity index (χ4v) is 1.47. The van der Waals surface area contributed by atoms with Crippen molar-refractivity contribution in [2.75, 3.05) is 25.6 Å². The standard InChI is InChI=1S/C12H15NO4/c1-2-16-12(14)10-5-8(3-4-11(10)13)17-9-6-15-7-9/h3-5,9H,2,6-7,13H2,1H3. The van der Waals surface area contributed by atoms with Crippen molar-refractivity contribution in [2.45, 2.75) is 13.0 Å². The van der Waals surface area contributed by atoms with Crippen molar-refractivity contribution in [3.05, 3.63) is 23.8 Å². The maximum absolute atomic E-state index is 11.6. The molecule has 0 aliphatic carbocycles. The Bertz CT molecular complexity index is 415. The lowest BCUT2D eigenvalue weighted by atomic mass is 10.1. The van der Waals surface area contributed by atoms with Gasteiger partial charge in [0.25, 0.3) is 0 Å². The molecule has 5 heteroatoms. The molecule has 1 aromatic carbocycles. The first-order valence-electron chi connectivity index (χ1n) is 5.51. The Labute approximate surface area is 99.5 Å². The average molecular weight is 237 g/mol. The van der Waals surface area contributed by atoms with Gasteiger partial charge in [-0.15, -0.1) is 0 Å². The van der Waals surface area contributed by atoms with E-state index in [-0.39, 0.29) is 6.10 Å². The van der Waals surface area contributed by atoms with Gasteiger partial charge in [0, 0.05) is 5.69 Å². The first-order valence-corrected chi connectivity index (χ1v) is 5.51. The molecule has 1 fully saturated rings. The summed E-state index contributed by atoms with van der Waals surface area (Å²) >= 11 is 0. The Morgan fingerprint density at radius 3 is 2.88 bits per heavy atom. The number of carbonyl (C=O) groups is 1. The van der Waals surface area contributed by atoms with Gasteiger partial charge in [-0.1, -0.05) is 0 Å². The maximum Gasteiger partial charge on any atom is 0.340 e. The van der Waals surface area contributed by atoms with E-state index in [0.29, 0.717) is 36.8 Å². The number of hydrogen-bond donors (Lipinski definition) is 1. The van der Waals surface area contributed by atoms with E-state index >= 15 is 0 Å². The molecule has 5 nitrogen and oxygen atoms in total. The number of nitrogens with two attached hydrogens (primary N) is 1. The van der Waals surface area contributed by atoms with Crippen LogP contribution in [-0.2, 0) is 9.47 Å². The van der Waals surface area contributed by atoms with Gasteiger partial charge in [-0.3, -0.25) is 0 Å². The number of hydrogen-bond acceptors (Lipinski definition) is 5. The lowest BCUT2D eigenvalue weighted by molar-refractivity contribution is -0.0797. The van der Waals surface area contributed by atoms with Crippen LogP contribution < -0.4 is 10.5 Å². The molecule has 0 atom stereocenters. The summed E-state index contributed by atoms with van der Waals surface area (Å²) in [6.45, 7) is 3.23. The van der Waals surface area contributed by atoms with E-state index in [1.54, 1.807) is 25.1 Å². The minimum absolute atomic E-state index is 0.0636. The zero-order valence-corrected chi connectivity index (χ0v) is 9.64. The van der Waals surface area contributed by atoms with E-state index in [1.807, 2.05) is 0 Å². The normalized spacial score (nSPS) is 15.1. The topological polar surface area (TPSA) is 70.8 Å². The van der Waals surface area contributed by atoms with E-state index in [4.69, 9.17) is 19.9 Å². The second-order valence-corrected chi connectivity index (χ2v) is 3.75. The molecule has 1 aliphatic rings. The Balaban J connectivity index is 2.13. The molecular formula is C12H15NO4. The van der Waals surface area contributed by atoms with Gasteiger partial charge in [0.2, 0.25) is 0 Å². The molecule has 2 rings (SSSR count). The van der Waals surface area contributed by atoms with Crippen LogP contribution in [0, 0.1) is 0 Å². The van der Waals surface area contributed by atoms with Gasteiger partial charge in [0.05, 0.1) is 25.4 Å². The lowest BCUT2D eigenvalue weighted by Gasteiger charge is -2.26. The third-order valence-corrected chi connectivity index (χ3v) is 2.43. The van der Waals surface area contributed by atoms with E-state index in [2.05, 4.69) is 0 Å². The number of rotatable bonds is 4. The second-order valence-electron chi connectivity index (χ2n) is 3.75. The van der Waals surface area contributed by atoms with Gasteiger partial charge < -0.3 is 19.9 Å². The van der Waals surface area contributed by atoms with Crippen molar-refractivity contribution < 1.29 is 19.0 Å². The van der Waals surface area contributed by atoms with Crippen LogP contribution in [0.3, 0.4) is 0 Å². The van der Waals surface area contributed by atoms with E-state index < -0.39 is 5.97 Å². The van der Waals surface area contributed by atoms with Gasteiger partial charge in [-0.25, -0.2) is 4.79 Å². The van der Waals surface area contributed by atoms with Crippen LogP contribution in [0.15, 0.2) is 18.2 Å². The summed E-state index contributed by atoms with van der Waals surface area (Å²) in [5.74, 6) is 0.177. The third kappa shape index (κ3) is 2.68. The highest BCUT2D eigenvalue weighted by molar-refractivity contribution is 5.95. The highest BCUT2D eigenvalue weighted by Crippen LogP contribution is 2.22. The molecule has 1 aliphatic heterocycles. The fourth-order valence-electron chi connectivity index (χ4n) is 1.47. The Hall–Kier alpha value is -1.75. The number of esters is 1. The van der Waals surface area contributed by atoms with Crippen molar-refractivity contribution in [1.29, 1.82) is 0 Å². The molecule has 1 saturated heterocycles. The lowest BCUT2D eigenvalue weighted by Crippen LogP contribution is -2.38. The summed E-state index contributed by atoms with van der Waals surface area (Å²) in [5, 5.41) is 0. The van der Waals surface area contributed by atoms with Crippen molar-refractivity contribution in [2.24, 2.45) is 0 Å². The number of benzene rings is 1. The molecular weight excluding hydrogens is 222 g/mol. The number of nitrogen functional groups attached to an aromatic ring is 1. The van der Waals surface area contributed by atoms with Crippen LogP contribution in [0.2, 0.25) is 0 Å². The largest absolute Gasteiger partial charge is 0.486 e. The molecule has 17 heavy (non-hydrogen) atoms. The smallest absolute Gasteiger partial charge is 0.340 e. The van der Waals surface area contributed by atoms with Crippen molar-refractivity contribution in [1.82, 2.24) is 0 Å². The number of ether oxygens (including phenoxy) is 3. The molecule has 1 aromatic rings. The molecule has 1 heterocycles. The van der Waals surface area contributed by atoms with Crippen LogP contribution in [0.5, 0.6) is 5.75 Å². The van der Waals surface area contributed by atoms with Crippen molar-refractivity contribution >= 4 is 11.7 Å². The van der Waals surface area contributed by atoms with Crippen LogP contribution >= 0.6 is 0 Å². The van der Waals surface area contributed by atoms with Gasteiger partial charge in [-0.2, -0.15) is 0 Å². The zero-order chi connectivity index (χ0) is 12.3. The SMILES string of the molecule is CCOC(=O)c1cc(OC2COC2)ccc1N. The molecule has 0 unspecified atom stereocenters. The predicted octanol–water partition coefficient (Wildman–Crippen LogP) is 1.22. The second kappa shape index (κ2) is 5.05. The van der Waals surface area contributed by atoms with Crippen LogP contribution in [0.1, 0.15) is 17.3 Å².